The highest BCUT2D eigenvalue weighted by Gasteiger charge is 2.09. The molecule has 2 N–H and O–H groups in total. The molecule has 1 rings (SSSR count). The number of hydrogen-bond donors (Lipinski definition) is 2. The molecule has 0 unspecified atom stereocenters. The Morgan fingerprint density at radius 2 is 2.00 bits per heavy atom. The van der Waals surface area contributed by atoms with E-state index in [0.717, 1.165) is 0 Å². The molecule has 1 amide bonds. The largest absolute Gasteiger partial charge is 0.481 e. The van der Waals surface area contributed by atoms with Gasteiger partial charge in [0.1, 0.15) is 6.42 Å². The zero-order valence-electron chi connectivity index (χ0n) is 7.46. The lowest BCUT2D eigenvalue weighted by atomic mass is 10.3. The van der Waals surface area contributed by atoms with E-state index >= 15 is 0 Å². The molecule has 0 aliphatic carbocycles. The third-order valence-corrected chi connectivity index (χ3v) is 2.08. The number of hydrogen-bond acceptors (Lipinski definition) is 2. The van der Waals surface area contributed by atoms with E-state index in [9.17, 15) is 9.59 Å². The number of halogens is 2. The first-order valence-electron chi connectivity index (χ1n) is 3.95. The van der Waals surface area contributed by atoms with Gasteiger partial charge in [0.15, 0.2) is 0 Å². The Morgan fingerprint density at radius 3 is 2.60 bits per heavy atom. The van der Waals surface area contributed by atoms with E-state index in [1.807, 2.05) is 0 Å². The summed E-state index contributed by atoms with van der Waals surface area (Å²) < 4.78 is 0. The van der Waals surface area contributed by atoms with Gasteiger partial charge in [0, 0.05) is 5.02 Å². The van der Waals surface area contributed by atoms with Gasteiger partial charge >= 0.3 is 5.97 Å². The molecule has 0 spiro atoms. The predicted octanol–water partition coefficient (Wildman–Crippen LogP) is 2.41. The number of carboxylic acids is 1. The van der Waals surface area contributed by atoms with Crippen molar-refractivity contribution < 1.29 is 14.7 Å². The Kier molecular flexibility index (Phi) is 3.94. The maximum absolute atomic E-state index is 11.1. The zero-order chi connectivity index (χ0) is 11.4. The van der Waals surface area contributed by atoms with Gasteiger partial charge in [-0.15, -0.1) is 0 Å². The first-order chi connectivity index (χ1) is 6.99. The van der Waals surface area contributed by atoms with Gasteiger partial charge in [-0.3, -0.25) is 9.59 Å². The monoisotopic (exact) mass is 247 g/mol. The van der Waals surface area contributed by atoms with Crippen LogP contribution in [0.2, 0.25) is 10.0 Å². The molecule has 0 aliphatic rings. The van der Waals surface area contributed by atoms with Crippen LogP contribution in [0.25, 0.3) is 0 Å². The second-order valence-corrected chi connectivity index (χ2v) is 3.59. The molecule has 0 aromatic heterocycles. The highest BCUT2D eigenvalue weighted by atomic mass is 35.5. The van der Waals surface area contributed by atoms with Gasteiger partial charge in [0.2, 0.25) is 5.91 Å². The standard InChI is InChI=1S/C9H7Cl2NO3/c10-5-1-2-6(11)7(3-5)12-8(13)4-9(14)15/h1-3H,4H2,(H,12,13)(H,14,15). The highest BCUT2D eigenvalue weighted by Crippen LogP contribution is 2.25. The molecule has 6 heteroatoms. The summed E-state index contributed by atoms with van der Waals surface area (Å²) >= 11 is 11.4. The van der Waals surface area contributed by atoms with E-state index in [1.54, 1.807) is 6.07 Å². The number of nitrogens with one attached hydrogen (secondary N) is 1. The Balaban J connectivity index is 2.76. The van der Waals surface area contributed by atoms with Crippen LogP contribution in [-0.2, 0) is 9.59 Å². The molecule has 1 aromatic rings. The number of carboxylic acid groups (broad SMARTS) is 1. The van der Waals surface area contributed by atoms with Crippen LogP contribution in [0.15, 0.2) is 18.2 Å². The van der Waals surface area contributed by atoms with Crippen LogP contribution < -0.4 is 5.32 Å². The number of carbonyl (C=O) groups excluding carboxylic acids is 1. The van der Waals surface area contributed by atoms with Crippen LogP contribution in [0.4, 0.5) is 5.69 Å². The van der Waals surface area contributed by atoms with Crippen molar-refractivity contribution >= 4 is 40.8 Å². The summed E-state index contributed by atoms with van der Waals surface area (Å²) in [6.07, 6.45) is -0.608. The summed E-state index contributed by atoms with van der Waals surface area (Å²) in [6.45, 7) is 0. The van der Waals surface area contributed by atoms with Crippen molar-refractivity contribution in [2.75, 3.05) is 5.32 Å². The third-order valence-electron chi connectivity index (χ3n) is 1.51. The van der Waals surface area contributed by atoms with Crippen molar-refractivity contribution in [3.63, 3.8) is 0 Å². The van der Waals surface area contributed by atoms with Crippen molar-refractivity contribution in [1.82, 2.24) is 0 Å². The summed E-state index contributed by atoms with van der Waals surface area (Å²) in [5.41, 5.74) is 0.301. The summed E-state index contributed by atoms with van der Waals surface area (Å²) in [7, 11) is 0. The molecule has 0 saturated carbocycles. The second kappa shape index (κ2) is 5.00. The number of carbonyl (C=O) groups is 2. The fourth-order valence-corrected chi connectivity index (χ4v) is 1.26. The van der Waals surface area contributed by atoms with Crippen LogP contribution in [0.3, 0.4) is 0 Å². The molecular formula is C9H7Cl2NO3. The summed E-state index contributed by atoms with van der Waals surface area (Å²) in [5.74, 6) is -1.85. The number of rotatable bonds is 3. The molecule has 0 atom stereocenters. The minimum Gasteiger partial charge on any atom is -0.481 e. The van der Waals surface area contributed by atoms with Gasteiger partial charge in [0.25, 0.3) is 0 Å². The van der Waals surface area contributed by atoms with Gasteiger partial charge in [-0.1, -0.05) is 23.2 Å². The normalized spacial score (nSPS) is 9.73. The van der Waals surface area contributed by atoms with Crippen LogP contribution in [0.5, 0.6) is 0 Å². The Bertz CT molecular complexity index is 406. The van der Waals surface area contributed by atoms with Crippen molar-refractivity contribution in [3.05, 3.63) is 28.2 Å². The molecular weight excluding hydrogens is 241 g/mol. The lowest BCUT2D eigenvalue weighted by Crippen LogP contribution is -2.16. The van der Waals surface area contributed by atoms with E-state index in [1.165, 1.54) is 12.1 Å². The van der Waals surface area contributed by atoms with Crippen molar-refractivity contribution in [3.8, 4) is 0 Å². The second-order valence-electron chi connectivity index (χ2n) is 2.74. The zero-order valence-corrected chi connectivity index (χ0v) is 8.97. The molecule has 0 fully saturated rings. The molecule has 0 heterocycles. The van der Waals surface area contributed by atoms with Crippen LogP contribution in [-0.4, -0.2) is 17.0 Å². The number of amides is 1. The number of anilines is 1. The average Bonchev–Trinajstić information content (AvgIpc) is 2.10. The summed E-state index contributed by atoms with van der Waals surface area (Å²) in [5, 5.41) is 11.4. The quantitative estimate of drug-likeness (QED) is 0.807. The van der Waals surface area contributed by atoms with E-state index in [0.29, 0.717) is 15.7 Å². The molecule has 0 radical (unpaired) electrons. The molecule has 0 bridgehead atoms. The maximum Gasteiger partial charge on any atom is 0.312 e. The molecule has 80 valence electrons. The fourth-order valence-electron chi connectivity index (χ4n) is 0.925. The lowest BCUT2D eigenvalue weighted by molar-refractivity contribution is -0.139. The van der Waals surface area contributed by atoms with Crippen LogP contribution in [0.1, 0.15) is 6.42 Å². The van der Waals surface area contributed by atoms with E-state index < -0.39 is 18.3 Å². The Labute approximate surface area is 95.8 Å². The molecule has 0 aliphatic heterocycles. The topological polar surface area (TPSA) is 66.4 Å². The predicted molar refractivity (Wildman–Crippen MR) is 57.3 cm³/mol. The number of benzene rings is 1. The van der Waals surface area contributed by atoms with Gasteiger partial charge in [-0.25, -0.2) is 0 Å². The molecule has 15 heavy (non-hydrogen) atoms. The van der Waals surface area contributed by atoms with Gasteiger partial charge in [0.05, 0.1) is 10.7 Å². The van der Waals surface area contributed by atoms with Gasteiger partial charge < -0.3 is 10.4 Å². The fraction of sp³-hybridized carbons (Fsp3) is 0.111. The average molecular weight is 248 g/mol. The van der Waals surface area contributed by atoms with Crippen LogP contribution in [0, 0.1) is 0 Å². The van der Waals surface area contributed by atoms with Crippen molar-refractivity contribution in [2.45, 2.75) is 6.42 Å². The Hall–Kier alpha value is -1.26. The SMILES string of the molecule is O=C(O)CC(=O)Nc1cc(Cl)ccc1Cl. The highest BCUT2D eigenvalue weighted by molar-refractivity contribution is 6.35. The first kappa shape index (κ1) is 11.8. The smallest absolute Gasteiger partial charge is 0.312 e. The maximum atomic E-state index is 11.1. The third kappa shape index (κ3) is 3.77. The van der Waals surface area contributed by atoms with Gasteiger partial charge in [-0.2, -0.15) is 0 Å². The molecule has 1 aromatic carbocycles. The molecule has 4 nitrogen and oxygen atoms in total. The van der Waals surface area contributed by atoms with Crippen LogP contribution >= 0.6 is 23.2 Å². The van der Waals surface area contributed by atoms with E-state index in [2.05, 4.69) is 5.32 Å². The first-order valence-corrected chi connectivity index (χ1v) is 4.71. The minimum absolute atomic E-state index is 0.301. The van der Waals surface area contributed by atoms with E-state index in [-0.39, 0.29) is 0 Å². The minimum atomic E-state index is -1.20. The van der Waals surface area contributed by atoms with Crippen molar-refractivity contribution in [2.24, 2.45) is 0 Å². The number of aliphatic carboxylic acids is 1. The van der Waals surface area contributed by atoms with Gasteiger partial charge in [-0.05, 0) is 18.2 Å². The van der Waals surface area contributed by atoms with E-state index in [4.69, 9.17) is 28.3 Å². The Morgan fingerprint density at radius 1 is 1.33 bits per heavy atom. The summed E-state index contributed by atoms with van der Waals surface area (Å²) in [6, 6.07) is 4.53. The lowest BCUT2D eigenvalue weighted by Gasteiger charge is -2.05. The van der Waals surface area contributed by atoms with Crippen molar-refractivity contribution in [1.29, 1.82) is 0 Å². The summed E-state index contributed by atoms with van der Waals surface area (Å²) in [4.78, 5) is 21.3. The molecule has 0 saturated heterocycles.